The molecule has 2 amide bonds. The van der Waals surface area contributed by atoms with E-state index in [1.54, 1.807) is 31.1 Å². The van der Waals surface area contributed by atoms with Gasteiger partial charge in [-0.25, -0.2) is 9.59 Å². The molecule has 1 saturated heterocycles. The largest absolute Gasteiger partial charge is 0.478 e. The summed E-state index contributed by atoms with van der Waals surface area (Å²) in [5.41, 5.74) is 1.34. The molecule has 1 heterocycles. The number of amides is 2. The molecule has 0 aromatic heterocycles. The minimum absolute atomic E-state index is 0.0772. The van der Waals surface area contributed by atoms with E-state index < -0.39 is 5.97 Å². The van der Waals surface area contributed by atoms with Gasteiger partial charge >= 0.3 is 12.0 Å². The molecule has 0 bridgehead atoms. The van der Waals surface area contributed by atoms with E-state index >= 15 is 0 Å². The topological polar surface area (TPSA) is 78.9 Å². The van der Waals surface area contributed by atoms with Crippen molar-refractivity contribution in [2.24, 2.45) is 0 Å². The number of ether oxygens (including phenoxy) is 1. The Balaban J connectivity index is 2.05. The summed E-state index contributed by atoms with van der Waals surface area (Å²) in [6, 6.07) is 4.62. The van der Waals surface area contributed by atoms with Crippen molar-refractivity contribution in [3.05, 3.63) is 29.3 Å². The van der Waals surface area contributed by atoms with Crippen LogP contribution >= 0.6 is 0 Å². The number of hydrogen-bond donors (Lipinski definition) is 2. The summed E-state index contributed by atoms with van der Waals surface area (Å²) in [7, 11) is 1.63. The summed E-state index contributed by atoms with van der Waals surface area (Å²) in [5, 5.41) is 11.8. The van der Waals surface area contributed by atoms with Crippen LogP contribution in [-0.2, 0) is 4.74 Å². The van der Waals surface area contributed by atoms with Gasteiger partial charge in [-0.15, -0.1) is 0 Å². The molecule has 20 heavy (non-hydrogen) atoms. The Labute approximate surface area is 117 Å². The van der Waals surface area contributed by atoms with E-state index in [0.717, 1.165) is 6.42 Å². The zero-order valence-corrected chi connectivity index (χ0v) is 11.5. The minimum atomic E-state index is -1.00. The van der Waals surface area contributed by atoms with Crippen molar-refractivity contribution in [1.29, 1.82) is 0 Å². The predicted octanol–water partition coefficient (Wildman–Crippen LogP) is 1.95. The quantitative estimate of drug-likeness (QED) is 0.885. The van der Waals surface area contributed by atoms with Gasteiger partial charge in [0.05, 0.1) is 11.7 Å². The molecule has 6 nitrogen and oxygen atoms in total. The van der Waals surface area contributed by atoms with Crippen LogP contribution in [0.1, 0.15) is 22.3 Å². The second-order valence-electron chi connectivity index (χ2n) is 4.86. The molecule has 0 aliphatic carbocycles. The zero-order chi connectivity index (χ0) is 14.7. The molecule has 1 atom stereocenters. The number of hydrogen-bond acceptors (Lipinski definition) is 3. The van der Waals surface area contributed by atoms with Gasteiger partial charge in [-0.3, -0.25) is 0 Å². The van der Waals surface area contributed by atoms with E-state index in [0.29, 0.717) is 24.3 Å². The van der Waals surface area contributed by atoms with Crippen LogP contribution < -0.4 is 5.32 Å². The van der Waals surface area contributed by atoms with Gasteiger partial charge in [0.25, 0.3) is 0 Å². The SMILES string of the molecule is COC1CCN(C(=O)Nc2ccc(C)c(C(=O)O)c2)C1. The molecule has 1 fully saturated rings. The minimum Gasteiger partial charge on any atom is -0.478 e. The first kappa shape index (κ1) is 14.3. The van der Waals surface area contributed by atoms with Gasteiger partial charge in [0, 0.05) is 25.9 Å². The van der Waals surface area contributed by atoms with E-state index in [2.05, 4.69) is 5.32 Å². The average molecular weight is 278 g/mol. The molecule has 108 valence electrons. The number of aromatic carboxylic acids is 1. The van der Waals surface area contributed by atoms with Crippen molar-refractivity contribution < 1.29 is 19.4 Å². The molecular formula is C14H18N2O4. The van der Waals surface area contributed by atoms with Crippen LogP contribution in [0.15, 0.2) is 18.2 Å². The molecule has 1 aliphatic rings. The van der Waals surface area contributed by atoms with Gasteiger partial charge in [-0.05, 0) is 31.0 Å². The zero-order valence-electron chi connectivity index (χ0n) is 11.5. The first-order valence-electron chi connectivity index (χ1n) is 6.44. The molecule has 1 aromatic carbocycles. The Morgan fingerprint density at radius 1 is 1.45 bits per heavy atom. The van der Waals surface area contributed by atoms with Crippen LogP contribution in [0.5, 0.6) is 0 Å². The van der Waals surface area contributed by atoms with E-state index in [9.17, 15) is 9.59 Å². The van der Waals surface area contributed by atoms with Crippen molar-refractivity contribution >= 4 is 17.7 Å². The normalized spacial score (nSPS) is 18.1. The first-order chi connectivity index (χ1) is 9.51. The molecule has 1 aliphatic heterocycles. The number of anilines is 1. The molecule has 1 unspecified atom stereocenters. The second kappa shape index (κ2) is 5.92. The number of nitrogens with one attached hydrogen (secondary N) is 1. The number of carboxylic acid groups (broad SMARTS) is 1. The van der Waals surface area contributed by atoms with Crippen molar-refractivity contribution in [2.75, 3.05) is 25.5 Å². The summed E-state index contributed by atoms with van der Waals surface area (Å²) >= 11 is 0. The average Bonchev–Trinajstić information content (AvgIpc) is 2.89. The van der Waals surface area contributed by atoms with Gasteiger partial charge in [-0.1, -0.05) is 6.07 Å². The molecule has 2 N–H and O–H groups in total. The highest BCUT2D eigenvalue weighted by atomic mass is 16.5. The van der Waals surface area contributed by atoms with Gasteiger partial charge in [0.1, 0.15) is 0 Å². The molecule has 0 spiro atoms. The highest BCUT2D eigenvalue weighted by Crippen LogP contribution is 2.18. The summed E-state index contributed by atoms with van der Waals surface area (Å²) in [6.45, 7) is 2.92. The van der Waals surface area contributed by atoms with Crippen LogP contribution in [0, 0.1) is 6.92 Å². The number of nitrogens with zero attached hydrogens (tertiary/aromatic N) is 1. The lowest BCUT2D eigenvalue weighted by atomic mass is 10.1. The van der Waals surface area contributed by atoms with Crippen LogP contribution in [0.25, 0.3) is 0 Å². The van der Waals surface area contributed by atoms with Crippen LogP contribution in [0.4, 0.5) is 10.5 Å². The monoisotopic (exact) mass is 278 g/mol. The fraction of sp³-hybridized carbons (Fsp3) is 0.429. The smallest absolute Gasteiger partial charge is 0.336 e. The molecule has 6 heteroatoms. The third kappa shape index (κ3) is 3.08. The maximum Gasteiger partial charge on any atom is 0.336 e. The van der Waals surface area contributed by atoms with Crippen LogP contribution in [-0.4, -0.2) is 48.3 Å². The fourth-order valence-electron chi connectivity index (χ4n) is 2.24. The molecule has 2 rings (SSSR count). The van der Waals surface area contributed by atoms with E-state index in [-0.39, 0.29) is 17.7 Å². The number of methoxy groups -OCH3 is 1. The molecule has 0 saturated carbocycles. The molecular weight excluding hydrogens is 260 g/mol. The van der Waals surface area contributed by atoms with Gasteiger partial charge in [0.15, 0.2) is 0 Å². The lowest BCUT2D eigenvalue weighted by molar-refractivity contribution is 0.0696. The van der Waals surface area contributed by atoms with E-state index in [4.69, 9.17) is 9.84 Å². The Morgan fingerprint density at radius 3 is 2.80 bits per heavy atom. The second-order valence-corrected chi connectivity index (χ2v) is 4.86. The maximum absolute atomic E-state index is 12.1. The molecule has 1 aromatic rings. The first-order valence-corrected chi connectivity index (χ1v) is 6.44. The number of carbonyl (C=O) groups excluding carboxylic acids is 1. The molecule has 0 radical (unpaired) electrons. The van der Waals surface area contributed by atoms with Gasteiger partial charge in [0.2, 0.25) is 0 Å². The Kier molecular flexibility index (Phi) is 4.24. The lowest BCUT2D eigenvalue weighted by Crippen LogP contribution is -2.33. The standard InChI is InChI=1S/C14H18N2O4/c1-9-3-4-10(7-12(9)13(17)18)15-14(19)16-6-5-11(8-16)20-2/h3-4,7,11H,5-6,8H2,1-2H3,(H,15,19)(H,17,18). The van der Waals surface area contributed by atoms with Gasteiger partial charge in [-0.2, -0.15) is 0 Å². The Hall–Kier alpha value is -2.08. The number of aryl methyl sites for hydroxylation is 1. The third-order valence-electron chi connectivity index (χ3n) is 3.48. The van der Waals surface area contributed by atoms with E-state index in [1.807, 2.05) is 0 Å². The van der Waals surface area contributed by atoms with Gasteiger partial charge < -0.3 is 20.1 Å². The fourth-order valence-corrected chi connectivity index (χ4v) is 2.24. The summed E-state index contributed by atoms with van der Waals surface area (Å²) < 4.78 is 5.21. The lowest BCUT2D eigenvalue weighted by Gasteiger charge is -2.17. The number of carboxylic acids is 1. The summed E-state index contributed by atoms with van der Waals surface area (Å²) in [6.07, 6.45) is 0.895. The highest BCUT2D eigenvalue weighted by molar-refractivity contribution is 5.94. The van der Waals surface area contributed by atoms with E-state index in [1.165, 1.54) is 6.07 Å². The van der Waals surface area contributed by atoms with Crippen molar-refractivity contribution in [2.45, 2.75) is 19.4 Å². The summed E-state index contributed by atoms with van der Waals surface area (Å²) in [4.78, 5) is 24.8. The number of rotatable bonds is 3. The number of carbonyl (C=O) groups is 2. The Morgan fingerprint density at radius 2 is 2.20 bits per heavy atom. The van der Waals surface area contributed by atoms with Crippen molar-refractivity contribution in [3.8, 4) is 0 Å². The number of benzene rings is 1. The van der Waals surface area contributed by atoms with Crippen LogP contribution in [0.3, 0.4) is 0 Å². The number of likely N-dealkylation sites (tertiary alicyclic amines) is 1. The van der Waals surface area contributed by atoms with Crippen LogP contribution in [0.2, 0.25) is 0 Å². The highest BCUT2D eigenvalue weighted by Gasteiger charge is 2.26. The summed E-state index contributed by atoms with van der Waals surface area (Å²) in [5.74, 6) is -1.00. The van der Waals surface area contributed by atoms with Crippen molar-refractivity contribution in [3.63, 3.8) is 0 Å². The Bertz CT molecular complexity index is 530. The third-order valence-corrected chi connectivity index (χ3v) is 3.48. The maximum atomic E-state index is 12.1. The predicted molar refractivity (Wildman–Crippen MR) is 74.1 cm³/mol. The van der Waals surface area contributed by atoms with Crippen molar-refractivity contribution in [1.82, 2.24) is 4.90 Å². The number of urea groups is 1.